The largest absolute Gasteiger partial charge is 0.490 e. The number of nitrogens with one attached hydrogen (secondary N) is 1. The zero-order chi connectivity index (χ0) is 15.2. The van der Waals surface area contributed by atoms with Crippen molar-refractivity contribution in [2.45, 2.75) is 13.0 Å². The minimum atomic E-state index is -0.691. The average Bonchev–Trinajstić information content (AvgIpc) is 2.97. The number of rotatable bonds is 7. The Morgan fingerprint density at radius 1 is 1.52 bits per heavy atom. The van der Waals surface area contributed by atoms with Crippen LogP contribution in [0.25, 0.3) is 0 Å². The molecule has 2 aromatic rings. The maximum atomic E-state index is 13.8. The van der Waals surface area contributed by atoms with E-state index in [1.54, 1.807) is 17.1 Å². The van der Waals surface area contributed by atoms with Crippen LogP contribution in [0.5, 0.6) is 5.75 Å². The second kappa shape index (κ2) is 6.64. The van der Waals surface area contributed by atoms with Crippen molar-refractivity contribution in [2.24, 2.45) is 0 Å². The molecule has 0 aliphatic heterocycles. The lowest BCUT2D eigenvalue weighted by Gasteiger charge is -2.09. The summed E-state index contributed by atoms with van der Waals surface area (Å²) >= 11 is 0. The number of aryl methyl sites for hydroxylation is 1. The average molecular weight is 295 g/mol. The van der Waals surface area contributed by atoms with E-state index in [-0.39, 0.29) is 11.4 Å². The highest BCUT2D eigenvalue weighted by atomic mass is 19.1. The molecule has 8 nitrogen and oxygen atoms in total. The highest BCUT2D eigenvalue weighted by Crippen LogP contribution is 2.32. The van der Waals surface area contributed by atoms with Crippen molar-refractivity contribution in [3.05, 3.63) is 40.5 Å². The van der Waals surface area contributed by atoms with Gasteiger partial charge in [-0.2, -0.15) is 0 Å². The molecule has 2 rings (SSSR count). The number of ether oxygens (including phenoxy) is 1. The second-order valence-corrected chi connectivity index (χ2v) is 4.21. The number of benzene rings is 1. The molecule has 0 fully saturated rings. The number of halogens is 1. The van der Waals surface area contributed by atoms with Crippen LogP contribution in [0.2, 0.25) is 0 Å². The van der Waals surface area contributed by atoms with Crippen molar-refractivity contribution in [1.82, 2.24) is 15.0 Å². The van der Waals surface area contributed by atoms with E-state index in [1.165, 1.54) is 13.2 Å². The van der Waals surface area contributed by atoms with Gasteiger partial charge in [0.05, 0.1) is 30.0 Å². The molecule has 9 heteroatoms. The summed E-state index contributed by atoms with van der Waals surface area (Å²) in [6, 6.07) is 2.13. The van der Waals surface area contributed by atoms with Gasteiger partial charge in [0.15, 0.2) is 11.6 Å². The van der Waals surface area contributed by atoms with Crippen LogP contribution >= 0.6 is 0 Å². The Balaban J connectivity index is 1.98. The van der Waals surface area contributed by atoms with Crippen molar-refractivity contribution in [3.8, 4) is 5.75 Å². The van der Waals surface area contributed by atoms with Gasteiger partial charge in [-0.15, -0.1) is 5.10 Å². The molecule has 1 aromatic carbocycles. The molecule has 0 atom stereocenters. The molecule has 0 amide bonds. The van der Waals surface area contributed by atoms with Gasteiger partial charge in [-0.05, 0) is 6.42 Å². The molecular weight excluding hydrogens is 281 g/mol. The van der Waals surface area contributed by atoms with Crippen LogP contribution in [0.3, 0.4) is 0 Å². The molecular formula is C12H14FN5O3. The summed E-state index contributed by atoms with van der Waals surface area (Å²) < 4.78 is 20.3. The lowest BCUT2D eigenvalue weighted by atomic mass is 10.2. The van der Waals surface area contributed by atoms with Crippen LogP contribution in [0.4, 0.5) is 15.8 Å². The van der Waals surface area contributed by atoms with Crippen LogP contribution in [-0.2, 0) is 6.54 Å². The summed E-state index contributed by atoms with van der Waals surface area (Å²) in [4.78, 5) is 10.1. The molecule has 1 aromatic heterocycles. The third kappa shape index (κ3) is 3.65. The second-order valence-electron chi connectivity index (χ2n) is 4.21. The third-order valence-corrected chi connectivity index (χ3v) is 2.82. The summed E-state index contributed by atoms with van der Waals surface area (Å²) in [5, 5.41) is 21.1. The van der Waals surface area contributed by atoms with E-state index in [9.17, 15) is 14.5 Å². The van der Waals surface area contributed by atoms with Crippen molar-refractivity contribution in [3.63, 3.8) is 0 Å². The Bertz CT molecular complexity index is 618. The monoisotopic (exact) mass is 295 g/mol. The van der Waals surface area contributed by atoms with Crippen molar-refractivity contribution in [2.75, 3.05) is 19.0 Å². The lowest BCUT2D eigenvalue weighted by molar-refractivity contribution is -0.385. The normalized spacial score (nSPS) is 10.4. The highest BCUT2D eigenvalue weighted by molar-refractivity contribution is 5.59. The van der Waals surface area contributed by atoms with Crippen LogP contribution in [0, 0.1) is 15.9 Å². The SMILES string of the molecule is COc1cc(NCCCn2ccnn2)c(F)cc1[N+](=O)[O-]. The lowest BCUT2D eigenvalue weighted by Crippen LogP contribution is -2.09. The zero-order valence-electron chi connectivity index (χ0n) is 11.3. The van der Waals surface area contributed by atoms with E-state index in [4.69, 9.17) is 4.74 Å². The number of anilines is 1. The van der Waals surface area contributed by atoms with Crippen molar-refractivity contribution < 1.29 is 14.1 Å². The van der Waals surface area contributed by atoms with E-state index in [0.717, 1.165) is 6.07 Å². The minimum Gasteiger partial charge on any atom is -0.490 e. The number of methoxy groups -OCH3 is 1. The smallest absolute Gasteiger partial charge is 0.313 e. The fraction of sp³-hybridized carbons (Fsp3) is 0.333. The van der Waals surface area contributed by atoms with Crippen LogP contribution in [-0.4, -0.2) is 33.6 Å². The molecule has 0 saturated heterocycles. The molecule has 1 heterocycles. The molecule has 1 N–H and O–H groups in total. The highest BCUT2D eigenvalue weighted by Gasteiger charge is 2.18. The molecule has 0 aliphatic rings. The Morgan fingerprint density at radius 2 is 2.33 bits per heavy atom. The van der Waals surface area contributed by atoms with Crippen molar-refractivity contribution >= 4 is 11.4 Å². The fourth-order valence-corrected chi connectivity index (χ4v) is 1.80. The first-order valence-corrected chi connectivity index (χ1v) is 6.21. The van der Waals surface area contributed by atoms with Gasteiger partial charge < -0.3 is 10.1 Å². The molecule has 21 heavy (non-hydrogen) atoms. The zero-order valence-corrected chi connectivity index (χ0v) is 11.3. The molecule has 0 aliphatic carbocycles. The van der Waals surface area contributed by atoms with Crippen LogP contribution in [0.1, 0.15) is 6.42 Å². The molecule has 0 radical (unpaired) electrons. The van der Waals surface area contributed by atoms with Gasteiger partial charge in [-0.3, -0.25) is 14.8 Å². The predicted molar refractivity (Wildman–Crippen MR) is 72.7 cm³/mol. The number of hydrogen-bond donors (Lipinski definition) is 1. The Hall–Kier alpha value is -2.71. The quantitative estimate of drug-likeness (QED) is 0.475. The number of nitro benzene ring substituents is 1. The molecule has 0 spiro atoms. The van der Waals surface area contributed by atoms with E-state index in [2.05, 4.69) is 15.6 Å². The molecule has 0 unspecified atom stereocenters. The first kappa shape index (κ1) is 14.7. The van der Waals surface area contributed by atoms with Crippen LogP contribution < -0.4 is 10.1 Å². The first-order valence-electron chi connectivity index (χ1n) is 6.21. The topological polar surface area (TPSA) is 95.1 Å². The fourth-order valence-electron chi connectivity index (χ4n) is 1.80. The predicted octanol–water partition coefficient (Wildman–Crippen LogP) is 1.84. The first-order chi connectivity index (χ1) is 10.1. The Kier molecular flexibility index (Phi) is 4.64. The van der Waals surface area contributed by atoms with Gasteiger partial charge in [0.1, 0.15) is 0 Å². The molecule has 112 valence electrons. The summed E-state index contributed by atoms with van der Waals surface area (Å²) in [7, 11) is 1.30. The van der Waals surface area contributed by atoms with Crippen molar-refractivity contribution in [1.29, 1.82) is 0 Å². The van der Waals surface area contributed by atoms with Gasteiger partial charge in [0.25, 0.3) is 0 Å². The summed E-state index contributed by atoms with van der Waals surface area (Å²) in [6.45, 7) is 1.12. The summed E-state index contributed by atoms with van der Waals surface area (Å²) in [5.41, 5.74) is -0.237. The summed E-state index contributed by atoms with van der Waals surface area (Å²) in [6.07, 6.45) is 4.01. The van der Waals surface area contributed by atoms with E-state index in [1.807, 2.05) is 0 Å². The van der Waals surface area contributed by atoms with Gasteiger partial charge in [0.2, 0.25) is 0 Å². The minimum absolute atomic E-state index is 0.0141. The van der Waals surface area contributed by atoms with Crippen LogP contribution in [0.15, 0.2) is 24.5 Å². The van der Waals surface area contributed by atoms with Gasteiger partial charge in [0, 0.05) is 25.4 Å². The third-order valence-electron chi connectivity index (χ3n) is 2.82. The standard InChI is InChI=1S/C12H14FN5O3/c1-21-12-8-10(9(13)7-11(12)18(19)20)14-3-2-5-17-6-4-15-16-17/h4,6-8,14H,2-3,5H2,1H3. The van der Waals surface area contributed by atoms with E-state index in [0.29, 0.717) is 19.5 Å². The number of hydrogen-bond acceptors (Lipinski definition) is 6. The molecule has 0 bridgehead atoms. The van der Waals surface area contributed by atoms with E-state index >= 15 is 0 Å². The Labute approximate surface area is 119 Å². The maximum absolute atomic E-state index is 13.8. The van der Waals surface area contributed by atoms with Gasteiger partial charge in [-0.25, -0.2) is 4.39 Å². The van der Waals surface area contributed by atoms with E-state index < -0.39 is 16.4 Å². The van der Waals surface area contributed by atoms with Gasteiger partial charge >= 0.3 is 5.69 Å². The number of nitrogens with zero attached hydrogens (tertiary/aromatic N) is 4. The number of nitro groups is 1. The van der Waals surface area contributed by atoms with Gasteiger partial charge in [-0.1, -0.05) is 5.21 Å². The Morgan fingerprint density at radius 3 is 2.95 bits per heavy atom. The number of aromatic nitrogens is 3. The molecule has 0 saturated carbocycles. The summed E-state index contributed by atoms with van der Waals surface area (Å²) in [5.74, 6) is -0.677. The maximum Gasteiger partial charge on any atom is 0.313 e.